The van der Waals surface area contributed by atoms with Crippen LogP contribution >= 0.6 is 24.0 Å². The number of rotatable bonds is 10. The summed E-state index contributed by atoms with van der Waals surface area (Å²) in [5.74, 6) is 1.46. The van der Waals surface area contributed by atoms with E-state index in [1.807, 2.05) is 12.1 Å². The summed E-state index contributed by atoms with van der Waals surface area (Å²) < 4.78 is 5.61. The van der Waals surface area contributed by atoms with Crippen LogP contribution < -0.4 is 10.6 Å². The minimum Gasteiger partial charge on any atom is -0.444 e. The Hall–Kier alpha value is -1.61. The van der Waals surface area contributed by atoms with Crippen molar-refractivity contribution < 1.29 is 4.42 Å². The van der Waals surface area contributed by atoms with E-state index < -0.39 is 0 Å². The van der Waals surface area contributed by atoms with Crippen molar-refractivity contribution in [3.8, 4) is 11.5 Å². The van der Waals surface area contributed by atoms with Gasteiger partial charge in [-0.25, -0.2) is 9.98 Å². The number of nitrogens with one attached hydrogen (secondary N) is 2. The van der Waals surface area contributed by atoms with E-state index in [0.717, 1.165) is 43.3 Å². The van der Waals surface area contributed by atoms with Gasteiger partial charge >= 0.3 is 0 Å². The lowest BCUT2D eigenvalue weighted by atomic mass is 10.1. The van der Waals surface area contributed by atoms with Crippen LogP contribution in [0.5, 0.6) is 0 Å². The number of guanidine groups is 1. The van der Waals surface area contributed by atoms with Crippen molar-refractivity contribution in [2.75, 3.05) is 26.7 Å². The van der Waals surface area contributed by atoms with E-state index in [1.54, 1.807) is 6.26 Å². The quantitative estimate of drug-likeness (QED) is 0.213. The maximum atomic E-state index is 5.61. The Kier molecular flexibility index (Phi) is 11.9. The standard InChI is InChI=1S/C22H35N5O.HI/c1-6-23-22(24-13-7-8-14-27(5)17(2)3)25-15-20-16-28-21(26-20)19-11-9-18(4)10-12-19;/h9-12,16-17H,6-8,13-15H2,1-5H3,(H2,23,24,25);1H. The van der Waals surface area contributed by atoms with E-state index in [9.17, 15) is 0 Å². The topological polar surface area (TPSA) is 65.7 Å². The molecule has 0 fully saturated rings. The molecule has 1 aromatic carbocycles. The van der Waals surface area contributed by atoms with Gasteiger partial charge in [0.25, 0.3) is 0 Å². The van der Waals surface area contributed by atoms with Crippen molar-refractivity contribution in [3.05, 3.63) is 41.8 Å². The van der Waals surface area contributed by atoms with Crippen LogP contribution in [-0.4, -0.2) is 48.6 Å². The molecule has 6 nitrogen and oxygen atoms in total. The molecule has 0 spiro atoms. The van der Waals surface area contributed by atoms with Gasteiger partial charge in [-0.15, -0.1) is 24.0 Å². The molecule has 0 aliphatic rings. The van der Waals surface area contributed by atoms with Crippen LogP contribution in [0.3, 0.4) is 0 Å². The van der Waals surface area contributed by atoms with E-state index in [1.165, 1.54) is 12.0 Å². The molecule has 0 unspecified atom stereocenters. The third-order valence-electron chi connectivity index (χ3n) is 4.71. The van der Waals surface area contributed by atoms with Gasteiger partial charge in [0.05, 0.1) is 6.54 Å². The lowest BCUT2D eigenvalue weighted by Crippen LogP contribution is -2.38. The van der Waals surface area contributed by atoms with E-state index in [-0.39, 0.29) is 24.0 Å². The van der Waals surface area contributed by atoms with Gasteiger partial charge < -0.3 is 20.0 Å². The van der Waals surface area contributed by atoms with E-state index in [2.05, 4.69) is 72.4 Å². The van der Waals surface area contributed by atoms with Gasteiger partial charge in [-0.3, -0.25) is 0 Å². The van der Waals surface area contributed by atoms with Gasteiger partial charge in [-0.05, 0) is 66.3 Å². The Morgan fingerprint density at radius 3 is 2.55 bits per heavy atom. The SMILES string of the molecule is CCNC(=NCc1coc(-c2ccc(C)cc2)n1)NCCCCN(C)C(C)C.I. The highest BCUT2D eigenvalue weighted by Crippen LogP contribution is 2.19. The van der Waals surface area contributed by atoms with Crippen molar-refractivity contribution in [2.24, 2.45) is 4.99 Å². The maximum absolute atomic E-state index is 5.61. The lowest BCUT2D eigenvalue weighted by molar-refractivity contribution is 0.268. The zero-order valence-corrected chi connectivity index (χ0v) is 20.7. The van der Waals surface area contributed by atoms with Crippen LogP contribution in [-0.2, 0) is 6.54 Å². The fraction of sp³-hybridized carbons (Fsp3) is 0.545. The number of aliphatic imine (C=N–C) groups is 1. The molecule has 0 aliphatic heterocycles. The van der Waals surface area contributed by atoms with Crippen molar-refractivity contribution in [3.63, 3.8) is 0 Å². The second-order valence-electron chi connectivity index (χ2n) is 7.41. The number of aromatic nitrogens is 1. The number of unbranched alkanes of at least 4 members (excludes halogenated alkanes) is 1. The number of halogens is 1. The Morgan fingerprint density at radius 2 is 1.90 bits per heavy atom. The highest BCUT2D eigenvalue weighted by Gasteiger charge is 2.07. The second-order valence-corrected chi connectivity index (χ2v) is 7.41. The summed E-state index contributed by atoms with van der Waals surface area (Å²) >= 11 is 0. The Labute approximate surface area is 192 Å². The van der Waals surface area contributed by atoms with Crippen molar-refractivity contribution in [1.29, 1.82) is 0 Å². The van der Waals surface area contributed by atoms with Gasteiger partial charge in [0.2, 0.25) is 5.89 Å². The first-order chi connectivity index (χ1) is 13.5. The molecule has 0 aliphatic carbocycles. The highest BCUT2D eigenvalue weighted by molar-refractivity contribution is 14.0. The predicted octanol–water partition coefficient (Wildman–Crippen LogP) is 4.44. The van der Waals surface area contributed by atoms with Crippen molar-refractivity contribution in [2.45, 2.75) is 53.1 Å². The molecular weight excluding hydrogens is 477 g/mol. The first-order valence-corrected chi connectivity index (χ1v) is 10.2. The van der Waals surface area contributed by atoms with Crippen LogP contribution in [0.1, 0.15) is 44.9 Å². The predicted molar refractivity (Wildman–Crippen MR) is 132 cm³/mol. The minimum absolute atomic E-state index is 0. The molecule has 1 aromatic heterocycles. The normalized spacial score (nSPS) is 11.6. The summed E-state index contributed by atoms with van der Waals surface area (Å²) in [6, 6.07) is 8.76. The van der Waals surface area contributed by atoms with Crippen LogP contribution in [0.15, 0.2) is 39.9 Å². The molecule has 29 heavy (non-hydrogen) atoms. The van der Waals surface area contributed by atoms with Crippen molar-refractivity contribution in [1.82, 2.24) is 20.5 Å². The molecule has 0 radical (unpaired) electrons. The number of oxazole rings is 1. The third-order valence-corrected chi connectivity index (χ3v) is 4.71. The molecule has 0 saturated carbocycles. The van der Waals surface area contributed by atoms with Crippen LogP contribution in [0.2, 0.25) is 0 Å². The van der Waals surface area contributed by atoms with Gasteiger partial charge in [0.15, 0.2) is 5.96 Å². The molecule has 0 bridgehead atoms. The summed E-state index contributed by atoms with van der Waals surface area (Å²) in [7, 11) is 2.17. The second kappa shape index (κ2) is 13.6. The first-order valence-electron chi connectivity index (χ1n) is 10.2. The molecule has 0 saturated heterocycles. The van der Waals surface area contributed by atoms with Crippen LogP contribution in [0, 0.1) is 6.92 Å². The molecule has 1 heterocycles. The van der Waals surface area contributed by atoms with Gasteiger partial charge in [0, 0.05) is 24.7 Å². The van der Waals surface area contributed by atoms with Crippen LogP contribution in [0.4, 0.5) is 0 Å². The molecule has 2 N–H and O–H groups in total. The fourth-order valence-electron chi connectivity index (χ4n) is 2.66. The van der Waals surface area contributed by atoms with E-state index >= 15 is 0 Å². The molecular formula is C22H36IN5O. The average Bonchev–Trinajstić information content (AvgIpc) is 3.15. The molecule has 2 rings (SSSR count). The molecule has 0 amide bonds. The highest BCUT2D eigenvalue weighted by atomic mass is 127. The number of aryl methyl sites for hydroxylation is 1. The Morgan fingerprint density at radius 1 is 1.17 bits per heavy atom. The number of hydrogen-bond acceptors (Lipinski definition) is 4. The molecule has 0 atom stereocenters. The maximum Gasteiger partial charge on any atom is 0.226 e. The summed E-state index contributed by atoms with van der Waals surface area (Å²) in [4.78, 5) is 11.6. The Bertz CT molecular complexity index is 727. The lowest BCUT2D eigenvalue weighted by Gasteiger charge is -2.20. The van der Waals surface area contributed by atoms with Gasteiger partial charge in [0.1, 0.15) is 12.0 Å². The fourth-order valence-corrected chi connectivity index (χ4v) is 2.66. The zero-order valence-electron chi connectivity index (χ0n) is 18.4. The van der Waals surface area contributed by atoms with Crippen LogP contribution in [0.25, 0.3) is 11.5 Å². The molecule has 162 valence electrons. The molecule has 2 aromatic rings. The first kappa shape index (κ1) is 25.4. The number of benzene rings is 1. The van der Waals surface area contributed by atoms with E-state index in [4.69, 9.17) is 4.42 Å². The molecule has 7 heteroatoms. The summed E-state index contributed by atoms with van der Waals surface area (Å²) in [6.45, 7) is 11.9. The monoisotopic (exact) mass is 513 g/mol. The summed E-state index contributed by atoms with van der Waals surface area (Å²) in [5, 5.41) is 6.69. The average molecular weight is 513 g/mol. The van der Waals surface area contributed by atoms with Crippen molar-refractivity contribution >= 4 is 29.9 Å². The smallest absolute Gasteiger partial charge is 0.226 e. The number of nitrogens with zero attached hydrogens (tertiary/aromatic N) is 3. The summed E-state index contributed by atoms with van der Waals surface area (Å²) in [6.07, 6.45) is 3.97. The number of hydrogen-bond donors (Lipinski definition) is 2. The van der Waals surface area contributed by atoms with E-state index in [0.29, 0.717) is 18.5 Å². The van der Waals surface area contributed by atoms with Gasteiger partial charge in [-0.2, -0.15) is 0 Å². The largest absolute Gasteiger partial charge is 0.444 e. The third kappa shape index (κ3) is 9.16. The van der Waals surface area contributed by atoms with Gasteiger partial charge in [-0.1, -0.05) is 17.7 Å². The zero-order chi connectivity index (χ0) is 20.4. The Balaban J connectivity index is 0.00000420. The summed E-state index contributed by atoms with van der Waals surface area (Å²) in [5.41, 5.74) is 3.03. The minimum atomic E-state index is 0.